The molecule has 4 rings (SSSR count). The number of amides is 2. The van der Waals surface area contributed by atoms with E-state index in [1.807, 2.05) is 0 Å². The number of aromatic nitrogens is 2. The Kier molecular flexibility index (Phi) is 4.47. The molecule has 0 atom stereocenters. The zero-order chi connectivity index (χ0) is 19.9. The van der Waals surface area contributed by atoms with Gasteiger partial charge in [0.2, 0.25) is 5.82 Å². The lowest BCUT2D eigenvalue weighted by molar-refractivity contribution is -0.144. The number of nitrogens with zero attached hydrogens (tertiary/aromatic N) is 4. The molecular formula is C19H18F4N4O. The van der Waals surface area contributed by atoms with Gasteiger partial charge in [0, 0.05) is 5.69 Å². The van der Waals surface area contributed by atoms with Crippen molar-refractivity contribution in [2.45, 2.75) is 43.8 Å². The van der Waals surface area contributed by atoms with Crippen molar-refractivity contribution in [3.63, 3.8) is 0 Å². The molecule has 2 heterocycles. The number of hydrogen-bond donors (Lipinski definition) is 0. The highest BCUT2D eigenvalue weighted by molar-refractivity contribution is 6.07. The molecule has 9 heteroatoms. The van der Waals surface area contributed by atoms with E-state index in [9.17, 15) is 22.4 Å². The van der Waals surface area contributed by atoms with Gasteiger partial charge >= 0.3 is 12.2 Å². The van der Waals surface area contributed by atoms with Crippen LogP contribution in [0.4, 0.5) is 33.7 Å². The topological polar surface area (TPSA) is 49.3 Å². The van der Waals surface area contributed by atoms with Crippen molar-refractivity contribution in [1.29, 1.82) is 0 Å². The number of rotatable bonds is 2. The first-order chi connectivity index (χ1) is 13.3. The Bertz CT molecular complexity index is 861. The van der Waals surface area contributed by atoms with Crippen LogP contribution in [0.1, 0.15) is 37.9 Å². The summed E-state index contributed by atoms with van der Waals surface area (Å²) in [6, 6.07) is 5.33. The van der Waals surface area contributed by atoms with Crippen LogP contribution in [-0.4, -0.2) is 28.1 Å². The van der Waals surface area contributed by atoms with Gasteiger partial charge in [-0.3, -0.25) is 9.80 Å². The van der Waals surface area contributed by atoms with Gasteiger partial charge in [0.25, 0.3) is 0 Å². The molecule has 1 aromatic carbocycles. The van der Waals surface area contributed by atoms with E-state index in [-0.39, 0.29) is 11.7 Å². The molecule has 1 saturated heterocycles. The molecule has 2 aliphatic rings. The summed E-state index contributed by atoms with van der Waals surface area (Å²) in [5.74, 6) is -1.65. The summed E-state index contributed by atoms with van der Waals surface area (Å²) < 4.78 is 51.6. The van der Waals surface area contributed by atoms with E-state index in [0.29, 0.717) is 12.2 Å². The van der Waals surface area contributed by atoms with Crippen molar-refractivity contribution < 1.29 is 22.4 Å². The van der Waals surface area contributed by atoms with Gasteiger partial charge in [-0.1, -0.05) is 19.3 Å². The van der Waals surface area contributed by atoms with E-state index in [2.05, 4.69) is 9.97 Å². The molecule has 1 aromatic heterocycles. The van der Waals surface area contributed by atoms with Crippen molar-refractivity contribution in [3.8, 4) is 0 Å². The molecule has 2 aromatic rings. The van der Waals surface area contributed by atoms with Gasteiger partial charge in [-0.15, -0.1) is 0 Å². The number of carbonyl (C=O) groups excluding carboxylic acids is 1. The second kappa shape index (κ2) is 6.72. The van der Waals surface area contributed by atoms with Crippen LogP contribution in [0.3, 0.4) is 0 Å². The van der Waals surface area contributed by atoms with E-state index in [1.54, 1.807) is 17.0 Å². The minimum Gasteiger partial charge on any atom is -0.289 e. The van der Waals surface area contributed by atoms with E-state index in [4.69, 9.17) is 0 Å². The largest absolute Gasteiger partial charge is 0.451 e. The monoisotopic (exact) mass is 394 g/mol. The summed E-state index contributed by atoms with van der Waals surface area (Å²) in [4.78, 5) is 23.0. The minimum atomic E-state index is -4.64. The Morgan fingerprint density at radius 2 is 1.54 bits per heavy atom. The third kappa shape index (κ3) is 3.18. The maximum Gasteiger partial charge on any atom is 0.451 e. The van der Waals surface area contributed by atoms with E-state index in [1.165, 1.54) is 17.0 Å². The first-order valence-corrected chi connectivity index (χ1v) is 9.07. The van der Waals surface area contributed by atoms with Gasteiger partial charge in [-0.2, -0.15) is 13.2 Å². The van der Waals surface area contributed by atoms with Crippen LogP contribution < -0.4 is 9.80 Å². The number of anilines is 2. The fourth-order valence-corrected chi connectivity index (χ4v) is 4.13. The SMILES string of the molecule is O=C1N(c2cnc(C(F)(F)F)nc2)CC2(CCCCC2)N1c1ccc(F)cc1. The standard InChI is InChI=1S/C19H18F4N4O/c20-13-4-6-14(7-5-13)27-17(28)26(12-18(27)8-2-1-3-9-18)15-10-24-16(25-11-15)19(21,22)23/h4-7,10-11H,1-3,8-9,12H2. The van der Waals surface area contributed by atoms with Gasteiger partial charge in [-0.25, -0.2) is 19.2 Å². The molecule has 1 spiro atoms. The smallest absolute Gasteiger partial charge is 0.289 e. The number of carbonyl (C=O) groups is 1. The summed E-state index contributed by atoms with van der Waals surface area (Å²) in [5.41, 5.74) is 0.312. The van der Waals surface area contributed by atoms with Gasteiger partial charge < -0.3 is 0 Å². The van der Waals surface area contributed by atoms with Crippen LogP contribution in [-0.2, 0) is 6.18 Å². The minimum absolute atomic E-state index is 0.215. The number of benzene rings is 1. The van der Waals surface area contributed by atoms with Crippen molar-refractivity contribution in [2.24, 2.45) is 0 Å². The molecule has 0 radical (unpaired) electrons. The highest BCUT2D eigenvalue weighted by Crippen LogP contribution is 2.43. The average molecular weight is 394 g/mol. The molecule has 28 heavy (non-hydrogen) atoms. The van der Waals surface area contributed by atoms with E-state index < -0.39 is 23.4 Å². The predicted molar refractivity (Wildman–Crippen MR) is 94.5 cm³/mol. The molecular weight excluding hydrogens is 376 g/mol. The molecule has 0 N–H and O–H groups in total. The fraction of sp³-hybridized carbons (Fsp3) is 0.421. The molecule has 2 fully saturated rings. The van der Waals surface area contributed by atoms with Crippen LogP contribution in [0.25, 0.3) is 0 Å². The highest BCUT2D eigenvalue weighted by Gasteiger charge is 2.51. The Labute approximate surface area is 159 Å². The number of hydrogen-bond acceptors (Lipinski definition) is 3. The Hall–Kier alpha value is -2.71. The molecule has 5 nitrogen and oxygen atoms in total. The van der Waals surface area contributed by atoms with Crippen LogP contribution in [0.5, 0.6) is 0 Å². The molecule has 0 unspecified atom stereocenters. The summed E-state index contributed by atoms with van der Waals surface area (Å²) in [6.45, 7) is 0.331. The Morgan fingerprint density at radius 3 is 2.11 bits per heavy atom. The lowest BCUT2D eigenvalue weighted by Crippen LogP contribution is -2.48. The van der Waals surface area contributed by atoms with Crippen LogP contribution >= 0.6 is 0 Å². The molecule has 2 amide bonds. The second-order valence-corrected chi connectivity index (χ2v) is 7.23. The van der Waals surface area contributed by atoms with Gasteiger partial charge in [0.1, 0.15) is 5.82 Å². The van der Waals surface area contributed by atoms with Gasteiger partial charge in [0.05, 0.1) is 30.2 Å². The lowest BCUT2D eigenvalue weighted by Gasteiger charge is -2.40. The van der Waals surface area contributed by atoms with Crippen LogP contribution in [0, 0.1) is 5.82 Å². The molecule has 1 aliphatic carbocycles. The summed E-state index contributed by atoms with van der Waals surface area (Å²) >= 11 is 0. The Morgan fingerprint density at radius 1 is 0.929 bits per heavy atom. The summed E-state index contributed by atoms with van der Waals surface area (Å²) in [5, 5.41) is 0. The normalized spacial score (nSPS) is 19.5. The van der Waals surface area contributed by atoms with Gasteiger partial charge in [0.15, 0.2) is 0 Å². The van der Waals surface area contributed by atoms with Crippen molar-refractivity contribution >= 4 is 17.4 Å². The predicted octanol–water partition coefficient (Wildman–Crippen LogP) is 4.78. The first kappa shape index (κ1) is 18.6. The summed E-state index contributed by atoms with van der Waals surface area (Å²) in [7, 11) is 0. The number of halogens is 4. The van der Waals surface area contributed by atoms with E-state index in [0.717, 1.165) is 44.5 Å². The second-order valence-electron chi connectivity index (χ2n) is 7.23. The van der Waals surface area contributed by atoms with Crippen LogP contribution in [0.15, 0.2) is 36.7 Å². The third-order valence-electron chi connectivity index (χ3n) is 5.42. The molecule has 1 saturated carbocycles. The number of urea groups is 1. The maximum atomic E-state index is 13.4. The quantitative estimate of drug-likeness (QED) is 0.689. The number of alkyl halides is 3. The highest BCUT2D eigenvalue weighted by atomic mass is 19.4. The van der Waals surface area contributed by atoms with E-state index >= 15 is 0 Å². The van der Waals surface area contributed by atoms with Crippen molar-refractivity contribution in [1.82, 2.24) is 9.97 Å². The maximum absolute atomic E-state index is 13.4. The summed E-state index contributed by atoms with van der Waals surface area (Å²) in [6.07, 6.45) is 1.92. The van der Waals surface area contributed by atoms with Gasteiger partial charge in [-0.05, 0) is 37.1 Å². The zero-order valence-corrected chi connectivity index (χ0v) is 14.9. The average Bonchev–Trinajstić information content (AvgIpc) is 2.94. The third-order valence-corrected chi connectivity index (χ3v) is 5.42. The van der Waals surface area contributed by atoms with Crippen molar-refractivity contribution in [2.75, 3.05) is 16.3 Å². The molecule has 0 bridgehead atoms. The van der Waals surface area contributed by atoms with Crippen molar-refractivity contribution in [3.05, 3.63) is 48.3 Å². The first-order valence-electron chi connectivity index (χ1n) is 9.07. The fourth-order valence-electron chi connectivity index (χ4n) is 4.13. The lowest BCUT2D eigenvalue weighted by atomic mass is 9.81. The van der Waals surface area contributed by atoms with Crippen LogP contribution in [0.2, 0.25) is 0 Å². The molecule has 148 valence electrons. The Balaban J connectivity index is 1.70. The molecule has 1 aliphatic heterocycles. The zero-order valence-electron chi connectivity index (χ0n) is 14.9.